The van der Waals surface area contributed by atoms with Crippen molar-refractivity contribution in [2.45, 2.75) is 13.5 Å². The Hall–Kier alpha value is -3.02. The van der Waals surface area contributed by atoms with Gasteiger partial charge in [0.1, 0.15) is 18.0 Å². The molecule has 102 valence electrons. The minimum atomic E-state index is -0.532. The number of hydrogen-bond donors (Lipinski definition) is 1. The lowest BCUT2D eigenvalue weighted by Gasteiger charge is -2.05. The van der Waals surface area contributed by atoms with E-state index in [2.05, 4.69) is 20.3 Å². The van der Waals surface area contributed by atoms with Crippen LogP contribution in [0.5, 0.6) is 5.75 Å². The molecule has 0 fully saturated rings. The van der Waals surface area contributed by atoms with Crippen LogP contribution < -0.4 is 5.56 Å². The number of pyridine rings is 1. The molecule has 2 heterocycles. The van der Waals surface area contributed by atoms with Crippen LogP contribution >= 0.6 is 0 Å². The van der Waals surface area contributed by atoms with Gasteiger partial charge in [-0.25, -0.2) is 4.68 Å². The molecule has 0 aliphatic carbocycles. The van der Waals surface area contributed by atoms with E-state index < -0.39 is 11.3 Å². The standard InChI is InChI=1S/C11H11N7O2/c1-3-18-5-7(4-12)9(19)8(10(18)20)15-16-11-13-6-14-17(11)2/h5-6,19H,3H2,1-2H3. The van der Waals surface area contributed by atoms with Crippen LogP contribution in [0.1, 0.15) is 12.5 Å². The van der Waals surface area contributed by atoms with Crippen LogP contribution in [0.3, 0.4) is 0 Å². The van der Waals surface area contributed by atoms with Crippen LogP contribution in [0.2, 0.25) is 0 Å². The van der Waals surface area contributed by atoms with Gasteiger partial charge in [-0.05, 0) is 6.92 Å². The Morgan fingerprint density at radius 2 is 2.25 bits per heavy atom. The predicted molar refractivity (Wildman–Crippen MR) is 67.9 cm³/mol. The molecule has 0 spiro atoms. The van der Waals surface area contributed by atoms with Crippen molar-refractivity contribution in [1.82, 2.24) is 19.3 Å². The van der Waals surface area contributed by atoms with Gasteiger partial charge in [0.05, 0.1) is 0 Å². The molecular weight excluding hydrogens is 262 g/mol. The molecule has 9 nitrogen and oxygen atoms in total. The zero-order valence-electron chi connectivity index (χ0n) is 10.8. The van der Waals surface area contributed by atoms with E-state index in [-0.39, 0.29) is 17.2 Å². The number of nitriles is 1. The fraction of sp³-hybridized carbons (Fsp3) is 0.273. The van der Waals surface area contributed by atoms with E-state index >= 15 is 0 Å². The van der Waals surface area contributed by atoms with Crippen molar-refractivity contribution in [1.29, 1.82) is 5.26 Å². The molecule has 0 radical (unpaired) electrons. The minimum Gasteiger partial charge on any atom is -0.504 e. The number of aromatic hydroxyl groups is 1. The average Bonchev–Trinajstić information content (AvgIpc) is 2.84. The lowest BCUT2D eigenvalue weighted by Crippen LogP contribution is -2.18. The molecule has 9 heteroatoms. The maximum atomic E-state index is 12.0. The largest absolute Gasteiger partial charge is 0.504 e. The number of azo groups is 1. The summed E-state index contributed by atoms with van der Waals surface area (Å²) in [5.74, 6) is -0.317. The first-order chi connectivity index (χ1) is 9.58. The smallest absolute Gasteiger partial charge is 0.282 e. The highest BCUT2D eigenvalue weighted by Crippen LogP contribution is 2.27. The quantitative estimate of drug-likeness (QED) is 0.835. The molecule has 0 saturated carbocycles. The number of hydrogen-bond acceptors (Lipinski definition) is 7. The van der Waals surface area contributed by atoms with Crippen molar-refractivity contribution in [2.75, 3.05) is 0 Å². The summed E-state index contributed by atoms with van der Waals surface area (Å²) in [5.41, 5.74) is -0.873. The molecule has 0 unspecified atom stereocenters. The van der Waals surface area contributed by atoms with Crippen molar-refractivity contribution in [3.05, 3.63) is 28.4 Å². The Morgan fingerprint density at radius 1 is 1.50 bits per heavy atom. The molecule has 0 aromatic carbocycles. The van der Waals surface area contributed by atoms with Gasteiger partial charge < -0.3 is 9.67 Å². The number of aromatic nitrogens is 4. The van der Waals surface area contributed by atoms with E-state index in [1.807, 2.05) is 0 Å². The van der Waals surface area contributed by atoms with Crippen LogP contribution in [0.25, 0.3) is 0 Å². The number of nitrogens with zero attached hydrogens (tertiary/aromatic N) is 7. The zero-order chi connectivity index (χ0) is 14.7. The topological polar surface area (TPSA) is 121 Å². The maximum Gasteiger partial charge on any atom is 0.282 e. The van der Waals surface area contributed by atoms with E-state index in [1.54, 1.807) is 20.0 Å². The van der Waals surface area contributed by atoms with Crippen LogP contribution in [-0.2, 0) is 13.6 Å². The van der Waals surface area contributed by atoms with Gasteiger partial charge in [0.25, 0.3) is 11.5 Å². The van der Waals surface area contributed by atoms with Crippen molar-refractivity contribution < 1.29 is 5.11 Å². The summed E-state index contributed by atoms with van der Waals surface area (Å²) in [7, 11) is 1.61. The van der Waals surface area contributed by atoms with Crippen LogP contribution in [-0.4, -0.2) is 24.4 Å². The van der Waals surface area contributed by atoms with Gasteiger partial charge in [-0.3, -0.25) is 4.79 Å². The van der Waals surface area contributed by atoms with Gasteiger partial charge in [0, 0.05) is 19.8 Å². The second kappa shape index (κ2) is 5.31. The Labute approximate surface area is 113 Å². The van der Waals surface area contributed by atoms with E-state index in [4.69, 9.17) is 5.26 Å². The van der Waals surface area contributed by atoms with Crippen LogP contribution in [0, 0.1) is 11.3 Å². The summed E-state index contributed by atoms with van der Waals surface area (Å²) in [6.45, 7) is 2.09. The molecule has 2 rings (SSSR count). The molecule has 2 aromatic heterocycles. The zero-order valence-corrected chi connectivity index (χ0v) is 10.8. The summed E-state index contributed by atoms with van der Waals surface area (Å²) >= 11 is 0. The minimum absolute atomic E-state index is 0.0432. The summed E-state index contributed by atoms with van der Waals surface area (Å²) in [6.07, 6.45) is 2.56. The highest BCUT2D eigenvalue weighted by molar-refractivity contribution is 5.57. The van der Waals surface area contributed by atoms with Crippen molar-refractivity contribution >= 4 is 11.6 Å². The molecule has 0 saturated heterocycles. The molecule has 0 amide bonds. The van der Waals surface area contributed by atoms with E-state index in [1.165, 1.54) is 21.8 Å². The summed E-state index contributed by atoms with van der Waals surface area (Å²) in [6, 6.07) is 1.80. The Kier molecular flexibility index (Phi) is 3.56. The van der Waals surface area contributed by atoms with Gasteiger partial charge in [0.2, 0.25) is 0 Å². The lowest BCUT2D eigenvalue weighted by molar-refractivity contribution is 0.470. The third-order valence-electron chi connectivity index (χ3n) is 2.62. The molecule has 0 bridgehead atoms. The molecule has 20 heavy (non-hydrogen) atoms. The molecule has 1 N–H and O–H groups in total. The molecule has 0 aliphatic heterocycles. The van der Waals surface area contributed by atoms with Gasteiger partial charge in [0.15, 0.2) is 11.4 Å². The predicted octanol–water partition coefficient (Wildman–Crippen LogP) is 0.989. The average molecular weight is 273 g/mol. The first-order valence-corrected chi connectivity index (χ1v) is 5.70. The highest BCUT2D eigenvalue weighted by Gasteiger charge is 2.14. The lowest BCUT2D eigenvalue weighted by atomic mass is 10.2. The fourth-order valence-electron chi connectivity index (χ4n) is 1.52. The maximum absolute atomic E-state index is 12.0. The third kappa shape index (κ3) is 2.26. The van der Waals surface area contributed by atoms with E-state index in [9.17, 15) is 9.90 Å². The normalized spacial score (nSPS) is 10.8. The number of aryl methyl sites for hydroxylation is 2. The Balaban J connectivity index is 2.57. The van der Waals surface area contributed by atoms with Gasteiger partial charge >= 0.3 is 0 Å². The van der Waals surface area contributed by atoms with Gasteiger partial charge in [-0.1, -0.05) is 0 Å². The third-order valence-corrected chi connectivity index (χ3v) is 2.62. The number of rotatable bonds is 3. The SMILES string of the molecule is CCn1cc(C#N)c(O)c(N=Nc2ncnn2C)c1=O. The molecular formula is C11H11N7O2. The Bertz CT molecular complexity index is 766. The van der Waals surface area contributed by atoms with Gasteiger partial charge in [-0.2, -0.15) is 15.3 Å². The monoisotopic (exact) mass is 273 g/mol. The highest BCUT2D eigenvalue weighted by atomic mass is 16.3. The van der Waals surface area contributed by atoms with Crippen molar-refractivity contribution in [3.8, 4) is 11.8 Å². The van der Waals surface area contributed by atoms with Crippen molar-refractivity contribution in [2.24, 2.45) is 17.3 Å². The van der Waals surface area contributed by atoms with Crippen molar-refractivity contribution in [3.63, 3.8) is 0 Å². The first kappa shape index (κ1) is 13.4. The second-order valence-corrected chi connectivity index (χ2v) is 3.83. The summed E-state index contributed by atoms with van der Waals surface area (Å²) in [4.78, 5) is 15.8. The molecule has 0 atom stereocenters. The molecule has 0 aliphatic rings. The Morgan fingerprint density at radius 3 is 2.80 bits per heavy atom. The van der Waals surface area contributed by atoms with Crippen LogP contribution in [0.15, 0.2) is 27.5 Å². The fourth-order valence-corrected chi connectivity index (χ4v) is 1.52. The first-order valence-electron chi connectivity index (χ1n) is 5.70. The summed E-state index contributed by atoms with van der Waals surface area (Å²) in [5, 5.41) is 30.0. The van der Waals surface area contributed by atoms with E-state index in [0.29, 0.717) is 6.54 Å². The van der Waals surface area contributed by atoms with Crippen LogP contribution in [0.4, 0.5) is 11.6 Å². The summed E-state index contributed by atoms with van der Waals surface area (Å²) < 4.78 is 2.62. The van der Waals surface area contributed by atoms with Gasteiger partial charge in [-0.15, -0.1) is 10.2 Å². The molecule has 2 aromatic rings. The van der Waals surface area contributed by atoms with E-state index in [0.717, 1.165) is 0 Å². The second-order valence-electron chi connectivity index (χ2n) is 3.83.